The Morgan fingerprint density at radius 2 is 2.14 bits per heavy atom. The van der Waals surface area contributed by atoms with Crippen LogP contribution in [0.4, 0.5) is 9.18 Å². The van der Waals surface area contributed by atoms with Crippen molar-refractivity contribution in [3.05, 3.63) is 29.6 Å². The molecule has 114 valence electrons. The monoisotopic (exact) mass is 313 g/mol. The summed E-state index contributed by atoms with van der Waals surface area (Å²) < 4.78 is 18.9. The Morgan fingerprint density at radius 3 is 2.67 bits per heavy atom. The molecule has 0 fully saturated rings. The number of amides is 3. The van der Waals surface area contributed by atoms with E-state index in [4.69, 9.17) is 10.5 Å². The zero-order chi connectivity index (χ0) is 16.0. The lowest BCUT2D eigenvalue weighted by atomic mass is 10.2. The largest absolute Gasteiger partial charge is 0.481 e. The van der Waals surface area contributed by atoms with Gasteiger partial charge in [-0.15, -0.1) is 0 Å². The van der Waals surface area contributed by atoms with Crippen LogP contribution in [0.3, 0.4) is 0 Å². The highest BCUT2D eigenvalue weighted by Crippen LogP contribution is 2.18. The number of nitrogens with two attached hydrogens (primary N) is 1. The molecule has 0 aliphatic rings. The average Bonchev–Trinajstić information content (AvgIpc) is 2.38. The highest BCUT2D eigenvalue weighted by Gasteiger charge is 2.18. The Bertz CT molecular complexity index is 566. The maximum Gasteiger partial charge on any atom is 0.321 e. The fourth-order valence-corrected chi connectivity index (χ4v) is 1.61. The number of carbonyl (C=O) groups excluding carboxylic acids is 2. The van der Waals surface area contributed by atoms with E-state index in [-0.39, 0.29) is 16.3 Å². The van der Waals surface area contributed by atoms with E-state index in [1.807, 2.05) is 0 Å². The highest BCUT2D eigenvalue weighted by molar-refractivity contribution is 7.80. The number of hydrogen-bond acceptors (Lipinski definition) is 4. The molecule has 1 atom stereocenters. The van der Waals surface area contributed by atoms with Crippen LogP contribution < -0.4 is 21.1 Å². The molecule has 1 aromatic carbocycles. The molecule has 0 aliphatic heterocycles. The third kappa shape index (κ3) is 4.99. The van der Waals surface area contributed by atoms with Crippen LogP contribution >= 0.6 is 12.2 Å². The maximum atomic E-state index is 13.7. The Hall–Kier alpha value is -2.22. The van der Waals surface area contributed by atoms with E-state index in [0.717, 1.165) is 6.07 Å². The van der Waals surface area contributed by atoms with E-state index in [1.165, 1.54) is 19.1 Å². The van der Waals surface area contributed by atoms with Crippen LogP contribution in [0.15, 0.2) is 18.2 Å². The predicted molar refractivity (Wildman–Crippen MR) is 79.6 cm³/mol. The lowest BCUT2D eigenvalue weighted by Crippen LogP contribution is -2.45. The van der Waals surface area contributed by atoms with Crippen molar-refractivity contribution in [2.45, 2.75) is 20.0 Å². The van der Waals surface area contributed by atoms with Gasteiger partial charge in [-0.2, -0.15) is 0 Å². The van der Waals surface area contributed by atoms with Crippen molar-refractivity contribution < 1.29 is 18.7 Å². The summed E-state index contributed by atoms with van der Waals surface area (Å²) in [6, 6.07) is 3.26. The van der Waals surface area contributed by atoms with E-state index < -0.39 is 23.9 Å². The van der Waals surface area contributed by atoms with Crippen molar-refractivity contribution in [2.24, 2.45) is 5.73 Å². The second kappa shape index (κ2) is 7.53. The number of ether oxygens (including phenoxy) is 1. The van der Waals surface area contributed by atoms with Crippen LogP contribution in [-0.4, -0.2) is 29.6 Å². The van der Waals surface area contributed by atoms with Gasteiger partial charge in [0.1, 0.15) is 16.6 Å². The molecule has 3 amide bonds. The molecule has 0 saturated heterocycles. The molecule has 1 rings (SSSR count). The number of nitrogens with one attached hydrogen (secondary N) is 2. The van der Waals surface area contributed by atoms with Crippen molar-refractivity contribution in [1.82, 2.24) is 10.6 Å². The van der Waals surface area contributed by atoms with Crippen molar-refractivity contribution in [3.63, 3.8) is 0 Å². The standard InChI is InChI=1S/C13H16FN3O3S/c1-3-16-13(19)17-12(18)7(2)20-8-4-5-9(11(15)21)10(14)6-8/h4-7H,3H2,1-2H3,(H2,15,21)(H2,16,17,18,19). The summed E-state index contributed by atoms with van der Waals surface area (Å²) in [5.74, 6) is -1.15. The molecular weight excluding hydrogens is 297 g/mol. The Morgan fingerprint density at radius 1 is 1.48 bits per heavy atom. The predicted octanol–water partition coefficient (Wildman–Crippen LogP) is 1.07. The normalized spacial score (nSPS) is 11.4. The van der Waals surface area contributed by atoms with Crippen molar-refractivity contribution >= 4 is 29.1 Å². The molecule has 1 unspecified atom stereocenters. The number of imide groups is 1. The first-order valence-electron chi connectivity index (χ1n) is 6.19. The number of hydrogen-bond donors (Lipinski definition) is 3. The first kappa shape index (κ1) is 16.8. The number of halogens is 1. The fourth-order valence-electron chi connectivity index (χ4n) is 1.44. The second-order valence-electron chi connectivity index (χ2n) is 4.11. The van der Waals surface area contributed by atoms with Gasteiger partial charge in [-0.25, -0.2) is 9.18 Å². The molecule has 0 radical (unpaired) electrons. The molecular formula is C13H16FN3O3S. The molecule has 0 aliphatic carbocycles. The van der Waals surface area contributed by atoms with Gasteiger partial charge < -0.3 is 15.8 Å². The van der Waals surface area contributed by atoms with E-state index in [2.05, 4.69) is 22.9 Å². The van der Waals surface area contributed by atoms with Gasteiger partial charge in [0.2, 0.25) is 0 Å². The van der Waals surface area contributed by atoms with Crippen LogP contribution in [0, 0.1) is 5.82 Å². The summed E-state index contributed by atoms with van der Waals surface area (Å²) in [6.45, 7) is 3.55. The van der Waals surface area contributed by atoms with E-state index in [9.17, 15) is 14.0 Å². The first-order valence-corrected chi connectivity index (χ1v) is 6.60. The molecule has 0 spiro atoms. The first-order chi connectivity index (χ1) is 9.85. The summed E-state index contributed by atoms with van der Waals surface area (Å²) in [5.41, 5.74) is 5.43. The zero-order valence-electron chi connectivity index (χ0n) is 11.6. The molecule has 0 bridgehead atoms. The Labute approximate surface area is 126 Å². The van der Waals surface area contributed by atoms with Crippen LogP contribution in [0.5, 0.6) is 5.75 Å². The molecule has 0 heterocycles. The second-order valence-corrected chi connectivity index (χ2v) is 4.55. The van der Waals surface area contributed by atoms with Crippen LogP contribution in [0.1, 0.15) is 19.4 Å². The van der Waals surface area contributed by atoms with Crippen molar-refractivity contribution in [2.75, 3.05) is 6.54 Å². The fraction of sp³-hybridized carbons (Fsp3) is 0.308. The number of urea groups is 1. The van der Waals surface area contributed by atoms with Gasteiger partial charge in [-0.05, 0) is 26.0 Å². The molecule has 0 saturated carbocycles. The minimum Gasteiger partial charge on any atom is -0.481 e. The molecule has 4 N–H and O–H groups in total. The molecule has 0 aromatic heterocycles. The van der Waals surface area contributed by atoms with Gasteiger partial charge in [0.25, 0.3) is 5.91 Å². The van der Waals surface area contributed by atoms with Gasteiger partial charge in [-0.3, -0.25) is 10.1 Å². The topological polar surface area (TPSA) is 93.5 Å². The Balaban J connectivity index is 2.68. The molecule has 21 heavy (non-hydrogen) atoms. The van der Waals surface area contributed by atoms with Gasteiger partial charge in [0, 0.05) is 18.2 Å². The van der Waals surface area contributed by atoms with Gasteiger partial charge >= 0.3 is 6.03 Å². The minimum absolute atomic E-state index is 0.0684. The SMILES string of the molecule is CCNC(=O)NC(=O)C(C)Oc1ccc(C(N)=S)c(F)c1. The van der Waals surface area contributed by atoms with E-state index >= 15 is 0 Å². The molecule has 1 aromatic rings. The summed E-state index contributed by atoms with van der Waals surface area (Å²) in [5, 5.41) is 4.51. The maximum absolute atomic E-state index is 13.7. The third-order valence-electron chi connectivity index (χ3n) is 2.46. The number of rotatable bonds is 5. The van der Waals surface area contributed by atoms with Crippen LogP contribution in [0.2, 0.25) is 0 Å². The van der Waals surface area contributed by atoms with Gasteiger partial charge in [0.15, 0.2) is 6.10 Å². The summed E-state index contributed by atoms with van der Waals surface area (Å²) in [4.78, 5) is 22.8. The Kier molecular flexibility index (Phi) is 6.04. The summed E-state index contributed by atoms with van der Waals surface area (Å²) in [7, 11) is 0. The quantitative estimate of drug-likeness (QED) is 0.707. The van der Waals surface area contributed by atoms with Crippen molar-refractivity contribution in [1.29, 1.82) is 0 Å². The summed E-state index contributed by atoms with van der Waals surface area (Å²) in [6.07, 6.45) is -0.970. The van der Waals surface area contributed by atoms with E-state index in [1.54, 1.807) is 6.92 Å². The van der Waals surface area contributed by atoms with E-state index in [0.29, 0.717) is 6.54 Å². The number of benzene rings is 1. The molecule has 8 heteroatoms. The van der Waals surface area contributed by atoms with Gasteiger partial charge in [0.05, 0.1) is 0 Å². The number of thiocarbonyl (C=S) groups is 1. The smallest absolute Gasteiger partial charge is 0.321 e. The summed E-state index contributed by atoms with van der Waals surface area (Å²) >= 11 is 4.68. The lowest BCUT2D eigenvalue weighted by molar-refractivity contribution is -0.126. The van der Waals surface area contributed by atoms with Gasteiger partial charge in [-0.1, -0.05) is 12.2 Å². The minimum atomic E-state index is -0.970. The average molecular weight is 313 g/mol. The van der Waals surface area contributed by atoms with Crippen LogP contribution in [-0.2, 0) is 4.79 Å². The van der Waals surface area contributed by atoms with Crippen LogP contribution in [0.25, 0.3) is 0 Å². The molecule has 6 nitrogen and oxygen atoms in total. The zero-order valence-corrected chi connectivity index (χ0v) is 12.4. The number of carbonyl (C=O) groups is 2. The third-order valence-corrected chi connectivity index (χ3v) is 2.68. The highest BCUT2D eigenvalue weighted by atomic mass is 32.1. The lowest BCUT2D eigenvalue weighted by Gasteiger charge is -2.14. The van der Waals surface area contributed by atoms with Crippen molar-refractivity contribution in [3.8, 4) is 5.75 Å².